The number of rotatable bonds is 2. The number of aliphatic hydroxyl groups is 1. The van der Waals surface area contributed by atoms with Crippen molar-refractivity contribution >= 4 is 16.9 Å². The molecule has 1 aromatic carbocycles. The highest BCUT2D eigenvalue weighted by atomic mass is 16.5. The summed E-state index contributed by atoms with van der Waals surface area (Å²) in [6, 6.07) is 7.47. The van der Waals surface area contributed by atoms with E-state index in [4.69, 9.17) is 9.63 Å². The van der Waals surface area contributed by atoms with Gasteiger partial charge in [0.1, 0.15) is 5.69 Å². The lowest BCUT2D eigenvalue weighted by molar-refractivity contribution is -0.140. The van der Waals surface area contributed by atoms with E-state index in [0.29, 0.717) is 24.4 Å². The molecule has 0 bridgehead atoms. The lowest BCUT2D eigenvalue weighted by atomic mass is 10.1. The minimum absolute atomic E-state index is 0.0191. The number of nitrogens with zero attached hydrogens (tertiary/aromatic N) is 2. The van der Waals surface area contributed by atoms with E-state index in [0.717, 1.165) is 5.39 Å². The molecule has 2 aromatic rings. The number of β-amino-alcohol motifs (C(OH)–C–C–N with tert-alkyl or cyclic N) is 1. The average Bonchev–Trinajstić information content (AvgIpc) is 2.69. The molecule has 0 radical (unpaired) electrons. The van der Waals surface area contributed by atoms with Crippen molar-refractivity contribution in [3.63, 3.8) is 0 Å². The largest absolute Gasteiger partial charge is 0.389 e. The number of likely N-dealkylation sites (tertiary alicyclic amines) is 1. The van der Waals surface area contributed by atoms with E-state index >= 15 is 0 Å². The van der Waals surface area contributed by atoms with Crippen LogP contribution in [0.1, 0.15) is 5.69 Å². The zero-order valence-corrected chi connectivity index (χ0v) is 9.17. The summed E-state index contributed by atoms with van der Waals surface area (Å²) in [5.74, 6) is -0.0191. The van der Waals surface area contributed by atoms with Gasteiger partial charge < -0.3 is 14.5 Å². The third-order valence-corrected chi connectivity index (χ3v) is 2.99. The molecule has 1 aromatic heterocycles. The first-order chi connectivity index (χ1) is 8.24. The smallest absolute Gasteiger partial charge is 0.228 e. The van der Waals surface area contributed by atoms with Crippen LogP contribution >= 0.6 is 0 Å². The van der Waals surface area contributed by atoms with E-state index in [2.05, 4.69) is 5.16 Å². The quantitative estimate of drug-likeness (QED) is 0.822. The van der Waals surface area contributed by atoms with Crippen molar-refractivity contribution in [3.05, 3.63) is 30.0 Å². The Balaban J connectivity index is 1.78. The Kier molecular flexibility index (Phi) is 2.33. The molecule has 17 heavy (non-hydrogen) atoms. The summed E-state index contributed by atoms with van der Waals surface area (Å²) >= 11 is 0. The first kappa shape index (κ1) is 10.3. The maximum Gasteiger partial charge on any atom is 0.228 e. The molecule has 1 amide bonds. The van der Waals surface area contributed by atoms with E-state index in [-0.39, 0.29) is 18.4 Å². The minimum atomic E-state index is -0.368. The number of aliphatic hydroxyl groups excluding tert-OH is 1. The molecule has 3 rings (SSSR count). The molecule has 0 saturated carbocycles. The van der Waals surface area contributed by atoms with Crippen LogP contribution in [0.2, 0.25) is 0 Å². The van der Waals surface area contributed by atoms with Crippen LogP contribution in [0.15, 0.2) is 28.8 Å². The fraction of sp³-hybridized carbons (Fsp3) is 0.333. The Morgan fingerprint density at radius 3 is 3.00 bits per heavy atom. The summed E-state index contributed by atoms with van der Waals surface area (Å²) in [5, 5.41) is 13.9. The molecule has 1 fully saturated rings. The van der Waals surface area contributed by atoms with Crippen LogP contribution in [-0.2, 0) is 11.2 Å². The molecule has 1 aliphatic heterocycles. The van der Waals surface area contributed by atoms with E-state index in [1.54, 1.807) is 4.90 Å². The van der Waals surface area contributed by atoms with Crippen LogP contribution in [0.4, 0.5) is 0 Å². The Morgan fingerprint density at radius 2 is 2.24 bits per heavy atom. The lowest BCUT2D eigenvalue weighted by Gasteiger charge is -2.35. The van der Waals surface area contributed by atoms with Gasteiger partial charge in [0.15, 0.2) is 5.58 Å². The van der Waals surface area contributed by atoms with Crippen molar-refractivity contribution in [2.45, 2.75) is 12.5 Å². The molecule has 1 aliphatic rings. The number of carbonyl (C=O) groups excluding carboxylic acids is 1. The van der Waals surface area contributed by atoms with Crippen molar-refractivity contribution in [3.8, 4) is 0 Å². The van der Waals surface area contributed by atoms with Gasteiger partial charge in [-0.2, -0.15) is 0 Å². The first-order valence-corrected chi connectivity index (χ1v) is 5.53. The van der Waals surface area contributed by atoms with Crippen LogP contribution in [-0.4, -0.2) is 40.3 Å². The normalized spacial score (nSPS) is 16.2. The monoisotopic (exact) mass is 232 g/mol. The van der Waals surface area contributed by atoms with Gasteiger partial charge in [0.05, 0.1) is 12.5 Å². The minimum Gasteiger partial charge on any atom is -0.389 e. The van der Waals surface area contributed by atoms with Gasteiger partial charge >= 0.3 is 0 Å². The van der Waals surface area contributed by atoms with Crippen molar-refractivity contribution in [1.82, 2.24) is 10.1 Å². The fourth-order valence-electron chi connectivity index (χ4n) is 1.98. The third kappa shape index (κ3) is 1.78. The highest BCUT2D eigenvalue weighted by Crippen LogP contribution is 2.19. The van der Waals surface area contributed by atoms with E-state index in [9.17, 15) is 4.79 Å². The summed E-state index contributed by atoms with van der Waals surface area (Å²) in [6.45, 7) is 0.850. The average molecular weight is 232 g/mol. The second kappa shape index (κ2) is 3.85. The van der Waals surface area contributed by atoms with Crippen molar-refractivity contribution in [2.24, 2.45) is 0 Å². The van der Waals surface area contributed by atoms with Gasteiger partial charge in [-0.25, -0.2) is 0 Å². The molecular weight excluding hydrogens is 220 g/mol. The number of hydrogen-bond donors (Lipinski definition) is 1. The number of carbonyl (C=O) groups is 1. The molecule has 5 nitrogen and oxygen atoms in total. The number of aromatic nitrogens is 1. The summed E-state index contributed by atoms with van der Waals surface area (Å²) in [6.07, 6.45) is -0.142. The molecule has 0 atom stereocenters. The fourth-order valence-corrected chi connectivity index (χ4v) is 1.98. The zero-order chi connectivity index (χ0) is 11.8. The highest BCUT2D eigenvalue weighted by molar-refractivity contribution is 5.86. The number of benzene rings is 1. The Bertz CT molecular complexity index is 558. The van der Waals surface area contributed by atoms with Crippen molar-refractivity contribution in [1.29, 1.82) is 0 Å². The van der Waals surface area contributed by atoms with Gasteiger partial charge in [0.2, 0.25) is 5.91 Å². The second-order valence-electron chi connectivity index (χ2n) is 4.25. The number of hydrogen-bond acceptors (Lipinski definition) is 4. The molecule has 2 heterocycles. The number of amides is 1. The third-order valence-electron chi connectivity index (χ3n) is 2.99. The van der Waals surface area contributed by atoms with Crippen molar-refractivity contribution < 1.29 is 14.4 Å². The van der Waals surface area contributed by atoms with E-state index in [1.165, 1.54) is 0 Å². The molecule has 88 valence electrons. The molecule has 0 aliphatic carbocycles. The summed E-state index contributed by atoms with van der Waals surface area (Å²) in [5.41, 5.74) is 1.35. The predicted octanol–water partition coefficient (Wildman–Crippen LogP) is 0.573. The topological polar surface area (TPSA) is 66.6 Å². The number of fused-ring (bicyclic) bond motifs is 1. The lowest BCUT2D eigenvalue weighted by Crippen LogP contribution is -2.53. The Labute approximate surface area is 97.6 Å². The zero-order valence-electron chi connectivity index (χ0n) is 9.17. The second-order valence-corrected chi connectivity index (χ2v) is 4.25. The molecule has 1 N–H and O–H groups in total. The van der Waals surface area contributed by atoms with Crippen LogP contribution in [0.5, 0.6) is 0 Å². The summed E-state index contributed by atoms with van der Waals surface area (Å²) in [4.78, 5) is 13.4. The van der Waals surface area contributed by atoms with Crippen molar-refractivity contribution in [2.75, 3.05) is 13.1 Å². The van der Waals surface area contributed by atoms with Crippen LogP contribution in [0.3, 0.4) is 0 Å². The molecular formula is C12H12N2O3. The maximum absolute atomic E-state index is 11.8. The predicted molar refractivity (Wildman–Crippen MR) is 60.3 cm³/mol. The molecule has 0 spiro atoms. The SMILES string of the molecule is O=C(Cc1noc2ccccc12)N1CC(O)C1. The van der Waals surface area contributed by atoms with E-state index < -0.39 is 0 Å². The standard InChI is InChI=1S/C12H12N2O3/c15-8-6-14(7-8)12(16)5-10-9-3-1-2-4-11(9)17-13-10/h1-4,8,15H,5-7H2. The van der Waals surface area contributed by atoms with Crippen LogP contribution < -0.4 is 0 Å². The summed E-state index contributed by atoms with van der Waals surface area (Å²) < 4.78 is 5.13. The van der Waals surface area contributed by atoms with Crippen LogP contribution in [0.25, 0.3) is 11.0 Å². The van der Waals surface area contributed by atoms with Gasteiger partial charge in [-0.3, -0.25) is 4.79 Å². The highest BCUT2D eigenvalue weighted by Gasteiger charge is 2.29. The molecule has 0 unspecified atom stereocenters. The Morgan fingerprint density at radius 1 is 1.47 bits per heavy atom. The maximum atomic E-state index is 11.8. The van der Waals surface area contributed by atoms with E-state index in [1.807, 2.05) is 24.3 Å². The van der Waals surface area contributed by atoms with Crippen LogP contribution in [0, 0.1) is 0 Å². The van der Waals surface area contributed by atoms with Gasteiger partial charge in [-0.05, 0) is 12.1 Å². The van der Waals surface area contributed by atoms with Gasteiger partial charge in [0.25, 0.3) is 0 Å². The number of para-hydroxylation sites is 1. The first-order valence-electron chi connectivity index (χ1n) is 5.53. The molecule has 1 saturated heterocycles. The van der Waals surface area contributed by atoms with Gasteiger partial charge in [-0.1, -0.05) is 17.3 Å². The van der Waals surface area contributed by atoms with Gasteiger partial charge in [-0.15, -0.1) is 0 Å². The molecule has 5 heteroatoms. The van der Waals surface area contributed by atoms with Gasteiger partial charge in [0, 0.05) is 18.5 Å². The summed E-state index contributed by atoms with van der Waals surface area (Å²) in [7, 11) is 0. The Hall–Kier alpha value is -1.88.